The van der Waals surface area contributed by atoms with Crippen LogP contribution in [0.2, 0.25) is 0 Å². The van der Waals surface area contributed by atoms with Gasteiger partial charge in [0, 0.05) is 12.0 Å². The van der Waals surface area contributed by atoms with Crippen LogP contribution in [0.3, 0.4) is 0 Å². The zero-order valence-corrected chi connectivity index (χ0v) is 12.7. The van der Waals surface area contributed by atoms with Crippen molar-refractivity contribution in [3.05, 3.63) is 15.1 Å². The second kappa shape index (κ2) is 6.22. The van der Waals surface area contributed by atoms with E-state index in [2.05, 4.69) is 19.9 Å². The van der Waals surface area contributed by atoms with Crippen LogP contribution in [0.5, 0.6) is 0 Å². The zero-order valence-electron chi connectivity index (χ0n) is 11.1. The van der Waals surface area contributed by atoms with Crippen molar-refractivity contribution < 1.29 is 18.7 Å². The van der Waals surface area contributed by atoms with Crippen LogP contribution < -0.4 is 0 Å². The normalized spacial score (nSPS) is 19.2. The van der Waals surface area contributed by atoms with Crippen LogP contribution in [0.4, 0.5) is 4.79 Å². The predicted octanol–water partition coefficient (Wildman–Crippen LogP) is 0.0970. The van der Waals surface area contributed by atoms with Crippen molar-refractivity contribution in [1.82, 2.24) is 15.1 Å². The molecule has 1 aliphatic rings. The van der Waals surface area contributed by atoms with E-state index in [-0.39, 0.29) is 22.5 Å². The molecular weight excluding hydrogens is 322 g/mol. The molecular formula is C9H11N5O5S2. The summed E-state index contributed by atoms with van der Waals surface area (Å²) in [6.07, 6.45) is -0.956. The largest absolute Gasteiger partial charge is 0.456 e. The summed E-state index contributed by atoms with van der Waals surface area (Å²) in [6.45, 7) is 1.71. The van der Waals surface area contributed by atoms with Gasteiger partial charge in [-0.1, -0.05) is 11.3 Å². The van der Waals surface area contributed by atoms with Gasteiger partial charge in [0.15, 0.2) is 21.6 Å². The third-order valence-corrected chi connectivity index (χ3v) is 4.84. The van der Waals surface area contributed by atoms with Gasteiger partial charge in [0.2, 0.25) is 4.34 Å². The summed E-state index contributed by atoms with van der Waals surface area (Å²) in [4.78, 5) is 27.1. The van der Waals surface area contributed by atoms with Crippen LogP contribution in [0.25, 0.3) is 0 Å². The fourth-order valence-electron chi connectivity index (χ4n) is 1.59. The van der Waals surface area contributed by atoms with E-state index < -0.39 is 27.2 Å². The molecule has 0 spiro atoms. The Bertz CT molecular complexity index is 630. The van der Waals surface area contributed by atoms with Crippen LogP contribution in [0.1, 0.15) is 11.9 Å². The van der Waals surface area contributed by atoms with Gasteiger partial charge >= 0.3 is 11.5 Å². The molecule has 0 fully saturated rings. The molecule has 0 saturated carbocycles. The van der Waals surface area contributed by atoms with Gasteiger partial charge in [-0.2, -0.15) is 0 Å². The number of ether oxygens (including phenoxy) is 1. The number of aromatic nitrogens is 2. The van der Waals surface area contributed by atoms with Crippen LogP contribution in [-0.4, -0.2) is 61.7 Å². The average Bonchev–Trinajstić information content (AvgIpc) is 3.04. The van der Waals surface area contributed by atoms with Gasteiger partial charge in [0.05, 0.1) is 6.61 Å². The number of hydrogen-bond donors (Lipinski definition) is 0. The van der Waals surface area contributed by atoms with E-state index in [0.717, 1.165) is 11.3 Å². The number of nitrogens with zero attached hydrogens (tertiary/aromatic N) is 5. The second-order valence-electron chi connectivity index (χ2n) is 3.87. The summed E-state index contributed by atoms with van der Waals surface area (Å²) in [5.41, 5.74) is 0. The zero-order chi connectivity index (χ0) is 15.6. The molecule has 2 rings (SSSR count). The van der Waals surface area contributed by atoms with Gasteiger partial charge < -0.3 is 4.74 Å². The number of likely N-dealkylation sites (N-methyl/N-ethyl adjacent to an activating group) is 1. The van der Waals surface area contributed by atoms with E-state index >= 15 is 0 Å². The molecule has 2 unspecified atom stereocenters. The summed E-state index contributed by atoms with van der Waals surface area (Å²) in [5.74, 6) is 0.293. The number of carbonyl (C=O) groups is 1. The smallest absolute Gasteiger partial charge is 0.405 e. The first-order valence-electron chi connectivity index (χ1n) is 5.78. The van der Waals surface area contributed by atoms with E-state index in [4.69, 9.17) is 0 Å². The highest BCUT2D eigenvalue weighted by atomic mass is 32.2. The Labute approximate surface area is 125 Å². The van der Waals surface area contributed by atoms with Gasteiger partial charge in [0.1, 0.15) is 6.54 Å². The lowest BCUT2D eigenvalue weighted by molar-refractivity contribution is -0.537. The molecule has 0 aliphatic carbocycles. The maximum Gasteiger partial charge on any atom is 0.405 e. The lowest BCUT2D eigenvalue weighted by Crippen LogP contribution is -2.38. The lowest BCUT2D eigenvalue weighted by Gasteiger charge is -2.14. The molecule has 0 saturated heterocycles. The number of rotatable bonds is 4. The quantitative estimate of drug-likeness (QED) is 0.431. The van der Waals surface area contributed by atoms with E-state index in [1.54, 1.807) is 6.92 Å². The third-order valence-electron chi connectivity index (χ3n) is 2.60. The van der Waals surface area contributed by atoms with Gasteiger partial charge in [-0.15, -0.1) is 10.2 Å². The summed E-state index contributed by atoms with van der Waals surface area (Å²) in [7, 11) is -0.543. The van der Waals surface area contributed by atoms with Gasteiger partial charge in [-0.3, -0.25) is 20.0 Å². The maximum atomic E-state index is 11.8. The molecule has 0 N–H and O–H groups in total. The molecule has 10 nitrogen and oxygen atoms in total. The molecule has 1 aromatic rings. The fourth-order valence-corrected chi connectivity index (χ4v) is 3.44. The highest BCUT2D eigenvalue weighted by molar-refractivity contribution is 8.01. The minimum absolute atomic E-state index is 0.00864. The van der Waals surface area contributed by atoms with Crippen LogP contribution in [-0.2, 0) is 15.5 Å². The topological polar surface area (TPSA) is 128 Å². The molecule has 21 heavy (non-hydrogen) atoms. The standard InChI is InChI=1S/C9H11N5O5S2/c1-3-19-9(15)21(18)8-12-11-7(20-8)6-10-4-5(13(6)2)14(16)17/h5H,3-4H2,1-2H3. The van der Waals surface area contributed by atoms with Crippen molar-refractivity contribution in [2.24, 2.45) is 4.99 Å². The molecule has 114 valence electrons. The highest BCUT2D eigenvalue weighted by Gasteiger charge is 2.36. The van der Waals surface area contributed by atoms with Crippen molar-refractivity contribution in [3.63, 3.8) is 0 Å². The van der Waals surface area contributed by atoms with E-state index in [1.165, 1.54) is 11.9 Å². The van der Waals surface area contributed by atoms with E-state index in [9.17, 15) is 19.1 Å². The van der Waals surface area contributed by atoms with Crippen molar-refractivity contribution in [1.29, 1.82) is 0 Å². The Balaban J connectivity index is 2.16. The molecule has 2 heterocycles. The Kier molecular flexibility index (Phi) is 4.57. The summed E-state index contributed by atoms with van der Waals surface area (Å²) in [5, 5.41) is 17.6. The first-order chi connectivity index (χ1) is 9.95. The molecule has 0 aromatic carbocycles. The van der Waals surface area contributed by atoms with Gasteiger partial charge in [-0.25, -0.2) is 9.00 Å². The molecule has 1 aromatic heterocycles. The lowest BCUT2D eigenvalue weighted by atomic mass is 10.5. The number of hydrogen-bond acceptors (Lipinski definition) is 10. The number of amidine groups is 1. The summed E-state index contributed by atoms with van der Waals surface area (Å²) in [6, 6.07) is 0. The number of nitro groups is 1. The molecule has 0 amide bonds. The number of aliphatic imine (C=N–C) groups is 1. The molecule has 12 heteroatoms. The Morgan fingerprint density at radius 3 is 2.90 bits per heavy atom. The predicted molar refractivity (Wildman–Crippen MR) is 73.3 cm³/mol. The molecule has 0 radical (unpaired) electrons. The Morgan fingerprint density at radius 1 is 1.62 bits per heavy atom. The van der Waals surface area contributed by atoms with Crippen molar-refractivity contribution in [2.45, 2.75) is 17.4 Å². The minimum Gasteiger partial charge on any atom is -0.456 e. The Morgan fingerprint density at radius 2 is 2.33 bits per heavy atom. The third kappa shape index (κ3) is 3.05. The SMILES string of the molecule is CCOC(=O)S(=O)c1nnc(C2=NCC([N+](=O)[O-])N2C)s1. The van der Waals surface area contributed by atoms with E-state index in [0.29, 0.717) is 5.84 Å². The molecule has 0 bridgehead atoms. The summed E-state index contributed by atoms with van der Waals surface area (Å²) < 4.78 is 16.4. The monoisotopic (exact) mass is 333 g/mol. The van der Waals surface area contributed by atoms with Crippen LogP contribution in [0.15, 0.2) is 9.33 Å². The minimum atomic E-state index is -2.06. The molecule has 2 atom stereocenters. The maximum absolute atomic E-state index is 11.8. The van der Waals surface area contributed by atoms with E-state index in [1.807, 2.05) is 0 Å². The average molecular weight is 333 g/mol. The van der Waals surface area contributed by atoms with Crippen molar-refractivity contribution in [3.8, 4) is 0 Å². The first kappa shape index (κ1) is 15.4. The first-order valence-corrected chi connectivity index (χ1v) is 7.75. The van der Waals surface area contributed by atoms with Gasteiger partial charge in [-0.05, 0) is 6.92 Å². The van der Waals surface area contributed by atoms with Crippen molar-refractivity contribution in [2.75, 3.05) is 20.2 Å². The number of carbonyl (C=O) groups excluding carboxylic acids is 1. The second-order valence-corrected chi connectivity index (χ2v) is 6.36. The van der Waals surface area contributed by atoms with Crippen LogP contribution in [0, 0.1) is 10.1 Å². The Hall–Kier alpha value is -1.95. The fraction of sp³-hybridized carbons (Fsp3) is 0.556. The van der Waals surface area contributed by atoms with Crippen molar-refractivity contribution >= 4 is 33.3 Å². The van der Waals surface area contributed by atoms with Gasteiger partial charge in [0.25, 0.3) is 0 Å². The molecule has 1 aliphatic heterocycles. The van der Waals surface area contributed by atoms with Crippen LogP contribution >= 0.6 is 11.3 Å². The highest BCUT2D eigenvalue weighted by Crippen LogP contribution is 2.21. The summed E-state index contributed by atoms with van der Waals surface area (Å²) >= 11 is 0.892.